The molecule has 36 heavy (non-hydrogen) atoms. The van der Waals surface area contributed by atoms with E-state index in [1.807, 2.05) is 55.5 Å². The van der Waals surface area contributed by atoms with E-state index in [1.54, 1.807) is 31.4 Å². The van der Waals surface area contributed by atoms with Gasteiger partial charge in [0.25, 0.3) is 5.91 Å². The molecule has 2 atom stereocenters. The van der Waals surface area contributed by atoms with Gasteiger partial charge in [0.2, 0.25) is 11.7 Å². The number of nitrogens with one attached hydrogen (secondary N) is 1. The molecular formula is C28H31N3O5. The first-order chi connectivity index (χ1) is 17.5. The van der Waals surface area contributed by atoms with Gasteiger partial charge in [-0.1, -0.05) is 31.2 Å². The minimum Gasteiger partial charge on any atom is -0.493 e. The van der Waals surface area contributed by atoms with Gasteiger partial charge in [-0.2, -0.15) is 0 Å². The number of fused-ring (bicyclic) bond motifs is 1. The molecule has 3 aromatic rings. The van der Waals surface area contributed by atoms with E-state index < -0.39 is 12.0 Å². The van der Waals surface area contributed by atoms with Crippen molar-refractivity contribution in [3.63, 3.8) is 0 Å². The van der Waals surface area contributed by atoms with Crippen LogP contribution >= 0.6 is 0 Å². The molecule has 0 aliphatic carbocycles. The molecule has 1 N–H and O–H groups in total. The van der Waals surface area contributed by atoms with Crippen molar-refractivity contribution in [1.82, 2.24) is 15.2 Å². The molecule has 0 fully saturated rings. The number of benzene rings is 2. The second-order valence-electron chi connectivity index (χ2n) is 8.51. The van der Waals surface area contributed by atoms with Gasteiger partial charge in [0, 0.05) is 18.3 Å². The molecule has 8 nitrogen and oxygen atoms in total. The van der Waals surface area contributed by atoms with Crippen molar-refractivity contribution in [2.45, 2.75) is 31.8 Å². The Bertz CT molecular complexity index is 1210. The molecule has 8 heteroatoms. The molecule has 2 aromatic carbocycles. The summed E-state index contributed by atoms with van der Waals surface area (Å²) in [6.07, 6.45) is 2.43. The van der Waals surface area contributed by atoms with E-state index in [9.17, 15) is 9.59 Å². The average molecular weight is 490 g/mol. The second-order valence-corrected chi connectivity index (χ2v) is 8.51. The number of pyridine rings is 1. The highest BCUT2D eigenvalue weighted by molar-refractivity contribution is 6.01. The first-order valence-electron chi connectivity index (χ1n) is 11.9. The van der Waals surface area contributed by atoms with E-state index in [0.717, 1.165) is 17.7 Å². The molecule has 1 aromatic heterocycles. The fraction of sp³-hybridized carbons (Fsp3) is 0.321. The number of rotatable bonds is 9. The molecule has 0 saturated heterocycles. The van der Waals surface area contributed by atoms with Crippen LogP contribution in [0.4, 0.5) is 0 Å². The van der Waals surface area contributed by atoms with Crippen LogP contribution in [0.25, 0.3) is 0 Å². The highest BCUT2D eigenvalue weighted by Gasteiger charge is 2.44. The van der Waals surface area contributed by atoms with E-state index in [0.29, 0.717) is 34.9 Å². The van der Waals surface area contributed by atoms with E-state index in [4.69, 9.17) is 14.2 Å². The summed E-state index contributed by atoms with van der Waals surface area (Å²) < 4.78 is 16.7. The molecule has 2 unspecified atom stereocenters. The first kappa shape index (κ1) is 25.0. The number of methoxy groups -OCH3 is 3. The number of carbonyl (C=O) groups excluding carboxylic acids is 2. The van der Waals surface area contributed by atoms with Crippen LogP contribution in [-0.2, 0) is 11.3 Å². The normalized spacial score (nSPS) is 16.8. The van der Waals surface area contributed by atoms with Gasteiger partial charge < -0.3 is 24.4 Å². The molecule has 2 amide bonds. The predicted molar refractivity (Wildman–Crippen MR) is 135 cm³/mol. The van der Waals surface area contributed by atoms with Gasteiger partial charge in [-0.25, -0.2) is 0 Å². The largest absolute Gasteiger partial charge is 0.493 e. The van der Waals surface area contributed by atoms with Crippen LogP contribution in [0.2, 0.25) is 0 Å². The maximum absolute atomic E-state index is 13.8. The topological polar surface area (TPSA) is 90.0 Å². The summed E-state index contributed by atoms with van der Waals surface area (Å²) in [5.41, 5.74) is 2.69. The Morgan fingerprint density at radius 1 is 1.00 bits per heavy atom. The van der Waals surface area contributed by atoms with Crippen LogP contribution in [0.3, 0.4) is 0 Å². The van der Waals surface area contributed by atoms with Gasteiger partial charge in [0.1, 0.15) is 0 Å². The van der Waals surface area contributed by atoms with Crippen molar-refractivity contribution >= 4 is 11.8 Å². The number of nitrogens with zero attached hydrogens (tertiary/aromatic N) is 2. The Labute approximate surface area is 211 Å². The van der Waals surface area contributed by atoms with Gasteiger partial charge in [-0.05, 0) is 47.9 Å². The summed E-state index contributed by atoms with van der Waals surface area (Å²) in [6.45, 7) is 2.77. The summed E-state index contributed by atoms with van der Waals surface area (Å²) in [7, 11) is 4.63. The van der Waals surface area contributed by atoms with Crippen molar-refractivity contribution in [2.24, 2.45) is 0 Å². The lowest BCUT2D eigenvalue weighted by Gasteiger charge is -2.42. The average Bonchev–Trinajstić information content (AvgIpc) is 2.92. The molecule has 0 radical (unpaired) electrons. The van der Waals surface area contributed by atoms with Crippen molar-refractivity contribution < 1.29 is 23.8 Å². The second kappa shape index (κ2) is 11.1. The third kappa shape index (κ3) is 4.71. The smallest absolute Gasteiger partial charge is 0.254 e. The lowest BCUT2D eigenvalue weighted by atomic mass is 9.79. The van der Waals surface area contributed by atoms with Crippen molar-refractivity contribution in [3.8, 4) is 17.2 Å². The Morgan fingerprint density at radius 2 is 1.69 bits per heavy atom. The van der Waals surface area contributed by atoms with Gasteiger partial charge in [-0.3, -0.25) is 14.6 Å². The Balaban J connectivity index is 1.85. The molecule has 0 saturated carbocycles. The number of hydrogen-bond donors (Lipinski definition) is 1. The lowest BCUT2D eigenvalue weighted by Crippen LogP contribution is -2.47. The van der Waals surface area contributed by atoms with E-state index in [1.165, 1.54) is 7.11 Å². The van der Waals surface area contributed by atoms with Crippen LogP contribution in [0.5, 0.6) is 17.2 Å². The number of ether oxygens (including phenoxy) is 3. The summed E-state index contributed by atoms with van der Waals surface area (Å²) in [5, 5.41) is 3.04. The fourth-order valence-electron chi connectivity index (χ4n) is 4.80. The Hall–Kier alpha value is -4.07. The minimum atomic E-state index is -0.656. The van der Waals surface area contributed by atoms with Gasteiger partial charge in [0.15, 0.2) is 11.5 Å². The molecular weight excluding hydrogens is 458 g/mol. The van der Waals surface area contributed by atoms with Crippen LogP contribution in [0.15, 0.2) is 60.8 Å². The zero-order chi connectivity index (χ0) is 25.7. The molecule has 188 valence electrons. The molecule has 1 aliphatic rings. The highest BCUT2D eigenvalue weighted by Crippen LogP contribution is 2.47. The van der Waals surface area contributed by atoms with Crippen molar-refractivity contribution in [2.75, 3.05) is 27.9 Å². The van der Waals surface area contributed by atoms with Crippen molar-refractivity contribution in [1.29, 1.82) is 0 Å². The van der Waals surface area contributed by atoms with E-state index in [-0.39, 0.29) is 18.4 Å². The van der Waals surface area contributed by atoms with Crippen LogP contribution in [0, 0.1) is 0 Å². The summed E-state index contributed by atoms with van der Waals surface area (Å²) in [6, 6.07) is 15.9. The predicted octanol–water partition coefficient (Wildman–Crippen LogP) is 4.11. The summed E-state index contributed by atoms with van der Waals surface area (Å²) in [5.74, 6) is 0.409. The molecule has 0 bridgehead atoms. The number of hydrogen-bond acceptors (Lipinski definition) is 6. The van der Waals surface area contributed by atoms with E-state index in [2.05, 4.69) is 10.3 Å². The molecule has 4 rings (SSSR count). The third-order valence-corrected chi connectivity index (χ3v) is 6.38. The van der Waals surface area contributed by atoms with Crippen LogP contribution < -0.4 is 19.5 Å². The maximum atomic E-state index is 13.8. The lowest BCUT2D eigenvalue weighted by molar-refractivity contribution is -0.124. The standard InChI is InChI=1S/C28H31N3O5/c1-5-14-31-25(18-15-22(34-2)26(36-4)23(16-18)35-3)24(20-11-6-7-12-21(20)28(31)33)27(32)30-17-19-10-8-9-13-29-19/h6-13,15-16,24-25H,5,14,17H2,1-4H3,(H,30,32). The number of amides is 2. The number of aromatic nitrogens is 1. The Kier molecular flexibility index (Phi) is 7.73. The third-order valence-electron chi connectivity index (χ3n) is 6.38. The zero-order valence-corrected chi connectivity index (χ0v) is 21.0. The van der Waals surface area contributed by atoms with Gasteiger partial charge in [0.05, 0.1) is 45.5 Å². The van der Waals surface area contributed by atoms with Crippen LogP contribution in [0.1, 0.15) is 52.5 Å². The first-order valence-corrected chi connectivity index (χ1v) is 11.9. The maximum Gasteiger partial charge on any atom is 0.254 e. The quantitative estimate of drug-likeness (QED) is 0.487. The minimum absolute atomic E-state index is 0.111. The van der Waals surface area contributed by atoms with E-state index >= 15 is 0 Å². The highest BCUT2D eigenvalue weighted by atomic mass is 16.5. The Morgan fingerprint density at radius 3 is 2.31 bits per heavy atom. The monoisotopic (exact) mass is 489 g/mol. The fourth-order valence-corrected chi connectivity index (χ4v) is 4.80. The SMILES string of the molecule is CCCN1C(=O)c2ccccc2C(C(=O)NCc2ccccn2)C1c1cc(OC)c(OC)c(OC)c1. The zero-order valence-electron chi connectivity index (χ0n) is 21.0. The van der Waals surface area contributed by atoms with Crippen molar-refractivity contribution in [3.05, 3.63) is 83.2 Å². The summed E-state index contributed by atoms with van der Waals surface area (Å²) in [4.78, 5) is 33.6. The van der Waals surface area contributed by atoms with Crippen LogP contribution in [-0.4, -0.2) is 49.6 Å². The van der Waals surface area contributed by atoms with Gasteiger partial charge >= 0.3 is 0 Å². The molecule has 0 spiro atoms. The number of carbonyl (C=O) groups is 2. The summed E-state index contributed by atoms with van der Waals surface area (Å²) >= 11 is 0. The molecule has 1 aliphatic heterocycles. The molecule has 2 heterocycles. The van der Waals surface area contributed by atoms with Gasteiger partial charge in [-0.15, -0.1) is 0 Å².